The Balaban J connectivity index is 1.36. The van der Waals surface area contributed by atoms with Gasteiger partial charge >= 0.3 is 0 Å². The van der Waals surface area contributed by atoms with Crippen LogP contribution in [0.2, 0.25) is 0 Å². The van der Waals surface area contributed by atoms with E-state index in [0.29, 0.717) is 12.1 Å². The summed E-state index contributed by atoms with van der Waals surface area (Å²) in [7, 11) is 0. The number of pyridine rings is 1. The number of nitrogens with zero attached hydrogens (tertiary/aromatic N) is 1. The number of amides is 1. The highest BCUT2D eigenvalue weighted by Crippen LogP contribution is 2.20. The number of benzene rings is 2. The van der Waals surface area contributed by atoms with Crippen molar-refractivity contribution in [1.29, 1.82) is 0 Å². The molecule has 1 amide bonds. The van der Waals surface area contributed by atoms with Crippen molar-refractivity contribution in [2.24, 2.45) is 0 Å². The largest absolute Gasteiger partial charge is 0.377 e. The number of fused-ring (bicyclic) bond motifs is 1. The molecule has 0 saturated heterocycles. The number of H-pyrrole nitrogens is 1. The summed E-state index contributed by atoms with van der Waals surface area (Å²) < 4.78 is 0. The second-order valence-corrected chi connectivity index (χ2v) is 7.10. The summed E-state index contributed by atoms with van der Waals surface area (Å²) in [6.07, 6.45) is 6.11. The molecular formula is C24H24N4O. The van der Waals surface area contributed by atoms with Crippen molar-refractivity contribution in [3.8, 4) is 0 Å². The molecular weight excluding hydrogens is 360 g/mol. The molecule has 0 spiro atoms. The number of aromatic nitrogens is 2. The van der Waals surface area contributed by atoms with Gasteiger partial charge in [-0.05, 0) is 36.6 Å². The SMILES string of the molecule is CC(Nc1cncc(C(=O)NCCc2c[nH]c3ccccc23)c1)c1ccccc1. The maximum atomic E-state index is 12.6. The van der Waals surface area contributed by atoms with Crippen LogP contribution in [0.25, 0.3) is 10.9 Å². The highest BCUT2D eigenvalue weighted by molar-refractivity contribution is 5.94. The smallest absolute Gasteiger partial charge is 0.252 e. The van der Waals surface area contributed by atoms with E-state index in [0.717, 1.165) is 17.6 Å². The van der Waals surface area contributed by atoms with Crippen LogP contribution in [0.4, 0.5) is 5.69 Å². The molecule has 3 N–H and O–H groups in total. The molecule has 0 radical (unpaired) electrons. The fourth-order valence-electron chi connectivity index (χ4n) is 3.47. The van der Waals surface area contributed by atoms with Crippen LogP contribution in [-0.4, -0.2) is 22.4 Å². The second kappa shape index (κ2) is 8.61. The Labute approximate surface area is 170 Å². The van der Waals surface area contributed by atoms with Gasteiger partial charge in [0.1, 0.15) is 0 Å². The molecule has 0 saturated carbocycles. The molecule has 0 fully saturated rings. The van der Waals surface area contributed by atoms with Crippen molar-refractivity contribution < 1.29 is 4.79 Å². The van der Waals surface area contributed by atoms with Crippen molar-refractivity contribution in [3.63, 3.8) is 0 Å². The number of hydrogen-bond donors (Lipinski definition) is 3. The van der Waals surface area contributed by atoms with E-state index in [1.807, 2.05) is 42.6 Å². The molecule has 2 aromatic carbocycles. The van der Waals surface area contributed by atoms with Crippen LogP contribution in [0.1, 0.15) is 34.5 Å². The Morgan fingerprint density at radius 3 is 2.72 bits per heavy atom. The van der Waals surface area contributed by atoms with Gasteiger partial charge in [-0.1, -0.05) is 48.5 Å². The number of nitrogens with one attached hydrogen (secondary N) is 3. The first-order chi connectivity index (χ1) is 14.2. The summed E-state index contributed by atoms with van der Waals surface area (Å²) in [4.78, 5) is 20.0. The average Bonchev–Trinajstić information content (AvgIpc) is 3.18. The Bertz CT molecular complexity index is 1100. The van der Waals surface area contributed by atoms with Crippen molar-refractivity contribution in [1.82, 2.24) is 15.3 Å². The second-order valence-electron chi connectivity index (χ2n) is 7.10. The summed E-state index contributed by atoms with van der Waals surface area (Å²) in [6, 6.07) is 20.3. The van der Waals surface area contributed by atoms with Gasteiger partial charge in [-0.2, -0.15) is 0 Å². The van der Waals surface area contributed by atoms with Gasteiger partial charge < -0.3 is 15.6 Å². The van der Waals surface area contributed by atoms with Gasteiger partial charge in [-0.15, -0.1) is 0 Å². The van der Waals surface area contributed by atoms with E-state index in [1.54, 1.807) is 12.4 Å². The minimum Gasteiger partial charge on any atom is -0.377 e. The van der Waals surface area contributed by atoms with Crippen LogP contribution in [0.3, 0.4) is 0 Å². The van der Waals surface area contributed by atoms with E-state index in [9.17, 15) is 4.79 Å². The van der Waals surface area contributed by atoms with Gasteiger partial charge in [0.05, 0.1) is 11.3 Å². The van der Waals surface area contributed by atoms with Gasteiger partial charge in [0.2, 0.25) is 0 Å². The first kappa shape index (κ1) is 18.7. The summed E-state index contributed by atoms with van der Waals surface area (Å²) >= 11 is 0. The van der Waals surface area contributed by atoms with E-state index in [4.69, 9.17) is 0 Å². The summed E-state index contributed by atoms with van der Waals surface area (Å²) in [6.45, 7) is 2.65. The standard InChI is InChI=1S/C24H24N4O/c1-17(18-7-3-2-4-8-18)28-21-13-20(14-25-16-21)24(29)26-12-11-19-15-27-23-10-6-5-9-22(19)23/h2-10,13-17,27-28H,11-12H2,1H3,(H,26,29). The van der Waals surface area contributed by atoms with Crippen LogP contribution in [-0.2, 0) is 6.42 Å². The Kier molecular flexibility index (Phi) is 5.56. The van der Waals surface area contributed by atoms with E-state index in [-0.39, 0.29) is 11.9 Å². The maximum absolute atomic E-state index is 12.6. The van der Waals surface area contributed by atoms with Crippen LogP contribution in [0.15, 0.2) is 79.3 Å². The number of para-hydroxylation sites is 1. The third kappa shape index (κ3) is 4.46. The molecule has 5 nitrogen and oxygen atoms in total. The molecule has 1 atom stereocenters. The van der Waals surface area contributed by atoms with Crippen LogP contribution < -0.4 is 10.6 Å². The zero-order chi connectivity index (χ0) is 20.1. The Hall–Kier alpha value is -3.60. The highest BCUT2D eigenvalue weighted by Gasteiger charge is 2.10. The van der Waals surface area contributed by atoms with Crippen molar-refractivity contribution in [3.05, 3.63) is 95.9 Å². The molecule has 0 aliphatic rings. The number of rotatable bonds is 7. The lowest BCUT2D eigenvalue weighted by Gasteiger charge is -2.16. The summed E-state index contributed by atoms with van der Waals surface area (Å²) in [5, 5.41) is 7.60. The minimum absolute atomic E-state index is 0.117. The molecule has 1 unspecified atom stereocenters. The topological polar surface area (TPSA) is 69.8 Å². The molecule has 4 rings (SSSR count). The van der Waals surface area contributed by atoms with E-state index < -0.39 is 0 Å². The van der Waals surface area contributed by atoms with E-state index in [1.165, 1.54) is 16.5 Å². The Morgan fingerprint density at radius 2 is 1.86 bits per heavy atom. The molecule has 0 bridgehead atoms. The number of carbonyl (C=O) groups excluding carboxylic acids is 1. The molecule has 29 heavy (non-hydrogen) atoms. The first-order valence-corrected chi connectivity index (χ1v) is 9.80. The van der Waals surface area contributed by atoms with Crippen LogP contribution >= 0.6 is 0 Å². The predicted molar refractivity (Wildman–Crippen MR) is 117 cm³/mol. The lowest BCUT2D eigenvalue weighted by Crippen LogP contribution is -2.25. The zero-order valence-corrected chi connectivity index (χ0v) is 16.4. The number of hydrogen-bond acceptors (Lipinski definition) is 3. The van der Waals surface area contributed by atoms with Crippen molar-refractivity contribution in [2.75, 3.05) is 11.9 Å². The lowest BCUT2D eigenvalue weighted by atomic mass is 10.1. The Morgan fingerprint density at radius 1 is 1.07 bits per heavy atom. The fraction of sp³-hybridized carbons (Fsp3) is 0.167. The normalized spacial score (nSPS) is 11.9. The molecule has 0 aliphatic heterocycles. The summed E-state index contributed by atoms with van der Waals surface area (Å²) in [5.41, 5.74) is 4.87. The first-order valence-electron chi connectivity index (χ1n) is 9.80. The quantitative estimate of drug-likeness (QED) is 0.432. The third-order valence-electron chi connectivity index (χ3n) is 5.04. The number of carbonyl (C=O) groups is 1. The molecule has 4 aromatic rings. The minimum atomic E-state index is -0.117. The third-order valence-corrected chi connectivity index (χ3v) is 5.04. The molecule has 2 aromatic heterocycles. The lowest BCUT2D eigenvalue weighted by molar-refractivity contribution is 0.0954. The predicted octanol–water partition coefficient (Wildman–Crippen LogP) is 4.71. The van der Waals surface area contributed by atoms with Gasteiger partial charge in [0.15, 0.2) is 0 Å². The van der Waals surface area contributed by atoms with Crippen LogP contribution in [0.5, 0.6) is 0 Å². The molecule has 2 heterocycles. The monoisotopic (exact) mass is 384 g/mol. The van der Waals surface area contributed by atoms with Gasteiger partial charge in [0, 0.05) is 42.1 Å². The van der Waals surface area contributed by atoms with E-state index >= 15 is 0 Å². The maximum Gasteiger partial charge on any atom is 0.252 e. The van der Waals surface area contributed by atoms with Gasteiger partial charge in [-0.25, -0.2) is 0 Å². The number of anilines is 1. The van der Waals surface area contributed by atoms with Crippen molar-refractivity contribution in [2.45, 2.75) is 19.4 Å². The molecule has 5 heteroatoms. The summed E-state index contributed by atoms with van der Waals surface area (Å²) in [5.74, 6) is -0.117. The zero-order valence-electron chi connectivity index (χ0n) is 16.4. The average molecular weight is 384 g/mol. The number of aromatic amines is 1. The molecule has 146 valence electrons. The van der Waals surface area contributed by atoms with E-state index in [2.05, 4.69) is 51.8 Å². The molecule has 0 aliphatic carbocycles. The fourth-order valence-corrected chi connectivity index (χ4v) is 3.47. The highest BCUT2D eigenvalue weighted by atomic mass is 16.1. The van der Waals surface area contributed by atoms with Crippen molar-refractivity contribution >= 4 is 22.5 Å². The van der Waals surface area contributed by atoms with Crippen LogP contribution in [0, 0.1) is 0 Å². The van der Waals surface area contributed by atoms with Gasteiger partial charge in [0.25, 0.3) is 5.91 Å². The van der Waals surface area contributed by atoms with Gasteiger partial charge in [-0.3, -0.25) is 9.78 Å².